The Morgan fingerprint density at radius 2 is 0.840 bits per heavy atom. The van der Waals surface area contributed by atoms with E-state index in [-0.39, 0.29) is 28.4 Å². The van der Waals surface area contributed by atoms with Crippen molar-refractivity contribution in [2.75, 3.05) is 7.11 Å². The maximum absolute atomic E-state index is 13.1. The number of benzene rings is 5. The van der Waals surface area contributed by atoms with Crippen LogP contribution in [0.2, 0.25) is 0 Å². The van der Waals surface area contributed by atoms with Gasteiger partial charge in [0, 0.05) is 5.56 Å². The molecule has 254 valence electrons. The van der Waals surface area contributed by atoms with E-state index in [2.05, 4.69) is 0 Å². The van der Waals surface area contributed by atoms with Crippen LogP contribution in [-0.2, 0) is 11.8 Å². The van der Waals surface area contributed by atoms with Gasteiger partial charge in [-0.1, -0.05) is 39.8 Å². The predicted molar refractivity (Wildman–Crippen MR) is 187 cm³/mol. The van der Waals surface area contributed by atoms with Crippen LogP contribution in [0, 0.1) is 0 Å². The molecule has 9 nitrogen and oxygen atoms in total. The van der Waals surface area contributed by atoms with Gasteiger partial charge in [0.05, 0.1) is 29.4 Å². The van der Waals surface area contributed by atoms with Gasteiger partial charge in [-0.15, -0.1) is 0 Å². The molecule has 0 bridgehead atoms. The number of rotatable bonds is 10. The van der Waals surface area contributed by atoms with Gasteiger partial charge in [0.1, 0.15) is 28.7 Å². The molecule has 5 rings (SSSR count). The van der Waals surface area contributed by atoms with E-state index in [0.29, 0.717) is 28.2 Å². The van der Waals surface area contributed by atoms with Gasteiger partial charge in [-0.2, -0.15) is 0 Å². The largest absolute Gasteiger partial charge is 0.497 e. The van der Waals surface area contributed by atoms with Gasteiger partial charge in [-0.05, 0) is 121 Å². The zero-order valence-electron chi connectivity index (χ0n) is 28.4. The molecule has 0 N–H and O–H groups in total. The van der Waals surface area contributed by atoms with E-state index >= 15 is 0 Å². The Kier molecular flexibility index (Phi) is 10.8. The van der Waals surface area contributed by atoms with Gasteiger partial charge in [0.15, 0.2) is 0 Å². The van der Waals surface area contributed by atoms with Crippen molar-refractivity contribution in [2.45, 2.75) is 39.5 Å². The summed E-state index contributed by atoms with van der Waals surface area (Å²) in [5.74, 6) is -0.558. The van der Waals surface area contributed by atoms with Gasteiger partial charge in [0.25, 0.3) is 0 Å². The minimum atomic E-state index is -0.618. The first-order chi connectivity index (χ1) is 23.9. The number of ether oxygens (including phenoxy) is 5. The van der Waals surface area contributed by atoms with Crippen molar-refractivity contribution < 1.29 is 42.9 Å². The van der Waals surface area contributed by atoms with Gasteiger partial charge < -0.3 is 23.7 Å². The van der Waals surface area contributed by atoms with E-state index in [1.807, 2.05) is 39.8 Å². The number of hydrogen-bond donors (Lipinski definition) is 0. The fourth-order valence-corrected chi connectivity index (χ4v) is 4.83. The maximum Gasteiger partial charge on any atom is 0.343 e. The van der Waals surface area contributed by atoms with E-state index in [1.54, 1.807) is 48.5 Å². The highest BCUT2D eigenvalue weighted by molar-refractivity contribution is 5.94. The van der Waals surface area contributed by atoms with Crippen molar-refractivity contribution in [3.8, 4) is 28.7 Å². The summed E-state index contributed by atoms with van der Waals surface area (Å²) in [6, 6.07) is 30.5. The van der Waals surface area contributed by atoms with Crippen molar-refractivity contribution in [3.63, 3.8) is 0 Å². The predicted octanol–water partition coefficient (Wildman–Crippen LogP) is 8.43. The van der Waals surface area contributed by atoms with Crippen LogP contribution in [0.15, 0.2) is 115 Å². The molecule has 0 fully saturated rings. The Hall–Kier alpha value is -6.22. The standard InChI is InChI=1S/C41H36O9/c1-6-26-7-9-27(10-8-26)37(42)47-32-19-13-29(14-20-32)39(44)49-34-23-24-36(35(25-34)41(2,3)4)50-40(45)30-15-21-33(22-16-30)48-38(43)28-11-17-31(46-5)18-12-28/h7-25H,6H2,1-5H3. The molecule has 0 heterocycles. The lowest BCUT2D eigenvalue weighted by atomic mass is 9.86. The quantitative estimate of drug-likeness (QED) is 0.107. The third kappa shape index (κ3) is 8.82. The van der Waals surface area contributed by atoms with Gasteiger partial charge in [0.2, 0.25) is 0 Å². The molecule has 0 aliphatic carbocycles. The van der Waals surface area contributed by atoms with Crippen molar-refractivity contribution in [1.82, 2.24) is 0 Å². The summed E-state index contributed by atoms with van der Waals surface area (Å²) < 4.78 is 27.4. The summed E-state index contributed by atoms with van der Waals surface area (Å²) >= 11 is 0. The molecule has 9 heteroatoms. The van der Waals surface area contributed by atoms with Crippen molar-refractivity contribution in [3.05, 3.63) is 149 Å². The lowest BCUT2D eigenvalue weighted by Crippen LogP contribution is -2.17. The third-order valence-corrected chi connectivity index (χ3v) is 7.70. The monoisotopic (exact) mass is 672 g/mol. The first-order valence-corrected chi connectivity index (χ1v) is 15.9. The first-order valence-electron chi connectivity index (χ1n) is 15.9. The number of esters is 4. The number of carbonyl (C=O) groups excluding carboxylic acids is 4. The number of methoxy groups -OCH3 is 1. The Balaban J connectivity index is 1.21. The molecule has 5 aromatic rings. The second kappa shape index (κ2) is 15.3. The highest BCUT2D eigenvalue weighted by atomic mass is 16.5. The molecule has 0 spiro atoms. The van der Waals surface area contributed by atoms with Gasteiger partial charge in [-0.3, -0.25) is 0 Å². The maximum atomic E-state index is 13.1. The summed E-state index contributed by atoms with van der Waals surface area (Å²) in [5.41, 5.74) is 2.54. The lowest BCUT2D eigenvalue weighted by Gasteiger charge is -2.23. The topological polar surface area (TPSA) is 114 Å². The van der Waals surface area contributed by atoms with Crippen LogP contribution in [0.5, 0.6) is 28.7 Å². The van der Waals surface area contributed by atoms with Crippen LogP contribution in [0.3, 0.4) is 0 Å². The lowest BCUT2D eigenvalue weighted by molar-refractivity contribution is 0.0714. The Morgan fingerprint density at radius 3 is 1.24 bits per heavy atom. The summed E-state index contributed by atoms with van der Waals surface area (Å²) in [6.45, 7) is 7.85. The summed E-state index contributed by atoms with van der Waals surface area (Å²) in [7, 11) is 1.54. The second-order valence-corrected chi connectivity index (χ2v) is 12.3. The van der Waals surface area contributed by atoms with Crippen LogP contribution < -0.4 is 23.7 Å². The molecule has 0 unspecified atom stereocenters. The molecule has 5 aromatic carbocycles. The molecular weight excluding hydrogens is 636 g/mol. The SMILES string of the molecule is CCc1ccc(C(=O)Oc2ccc(C(=O)Oc3ccc(OC(=O)c4ccc(OC(=O)c5ccc(OC)cc5)cc4)c(C(C)(C)C)c3)cc2)cc1. The van der Waals surface area contributed by atoms with E-state index in [0.717, 1.165) is 12.0 Å². The van der Waals surface area contributed by atoms with Gasteiger partial charge in [-0.25, -0.2) is 19.2 Å². The molecular formula is C41H36O9. The molecule has 50 heavy (non-hydrogen) atoms. The Bertz CT molecular complexity index is 1990. The smallest absolute Gasteiger partial charge is 0.343 e. The molecule has 0 atom stereocenters. The third-order valence-electron chi connectivity index (χ3n) is 7.70. The number of hydrogen-bond acceptors (Lipinski definition) is 9. The van der Waals surface area contributed by atoms with Crippen LogP contribution in [0.4, 0.5) is 0 Å². The minimum Gasteiger partial charge on any atom is -0.497 e. The molecule has 0 saturated heterocycles. The summed E-state index contributed by atoms with van der Waals surface area (Å²) in [6.07, 6.45) is 0.868. The summed E-state index contributed by atoms with van der Waals surface area (Å²) in [4.78, 5) is 51.1. The fourth-order valence-electron chi connectivity index (χ4n) is 4.83. The van der Waals surface area contributed by atoms with Crippen molar-refractivity contribution in [2.24, 2.45) is 0 Å². The molecule has 0 saturated carbocycles. The van der Waals surface area contributed by atoms with Crippen LogP contribution in [0.1, 0.15) is 80.3 Å². The Morgan fingerprint density at radius 1 is 0.480 bits per heavy atom. The average Bonchev–Trinajstić information content (AvgIpc) is 3.12. The minimum absolute atomic E-state index is 0.244. The van der Waals surface area contributed by atoms with E-state index < -0.39 is 29.3 Å². The van der Waals surface area contributed by atoms with Gasteiger partial charge >= 0.3 is 23.9 Å². The van der Waals surface area contributed by atoms with Crippen molar-refractivity contribution in [1.29, 1.82) is 0 Å². The zero-order valence-corrected chi connectivity index (χ0v) is 28.4. The van der Waals surface area contributed by atoms with E-state index in [9.17, 15) is 19.2 Å². The van der Waals surface area contributed by atoms with E-state index in [1.165, 1.54) is 61.7 Å². The van der Waals surface area contributed by atoms with Crippen LogP contribution in [0.25, 0.3) is 0 Å². The number of aryl methyl sites for hydroxylation is 1. The van der Waals surface area contributed by atoms with E-state index in [4.69, 9.17) is 23.7 Å². The first kappa shape index (κ1) is 35.1. The highest BCUT2D eigenvalue weighted by Gasteiger charge is 2.23. The molecule has 0 aromatic heterocycles. The zero-order chi connectivity index (χ0) is 35.8. The van der Waals surface area contributed by atoms with Crippen molar-refractivity contribution >= 4 is 23.9 Å². The summed E-state index contributed by atoms with van der Waals surface area (Å²) in [5, 5.41) is 0. The normalized spacial score (nSPS) is 10.9. The van der Waals surface area contributed by atoms with Crippen LogP contribution in [-0.4, -0.2) is 31.0 Å². The average molecular weight is 673 g/mol. The Labute approximate surface area is 290 Å². The molecule has 0 aliphatic rings. The second-order valence-electron chi connectivity index (χ2n) is 12.3. The fraction of sp³-hybridized carbons (Fsp3) is 0.171. The molecule has 0 radical (unpaired) electrons. The molecule has 0 amide bonds. The van der Waals surface area contributed by atoms with Crippen LogP contribution >= 0.6 is 0 Å². The highest BCUT2D eigenvalue weighted by Crippen LogP contribution is 2.35. The molecule has 0 aliphatic heterocycles. The number of carbonyl (C=O) groups is 4.